The summed E-state index contributed by atoms with van der Waals surface area (Å²) in [6, 6.07) is 7.19. The van der Waals surface area contributed by atoms with Crippen LogP contribution in [0.15, 0.2) is 24.3 Å². The minimum atomic E-state index is -0.908. The van der Waals surface area contributed by atoms with Crippen LogP contribution >= 0.6 is 0 Å². The van der Waals surface area contributed by atoms with E-state index in [1.165, 1.54) is 4.90 Å². The van der Waals surface area contributed by atoms with Crippen molar-refractivity contribution < 1.29 is 19.4 Å². The number of hydrogen-bond donors (Lipinski definition) is 1. The lowest BCUT2D eigenvalue weighted by Gasteiger charge is -2.28. The maximum absolute atomic E-state index is 12.6. The molecule has 2 amide bonds. The zero-order valence-corrected chi connectivity index (χ0v) is 12.3. The number of ether oxygens (including phenoxy) is 1. The van der Waals surface area contributed by atoms with Crippen molar-refractivity contribution in [2.45, 2.75) is 13.3 Å². The number of hydrogen-bond acceptors (Lipinski definition) is 3. The molecule has 0 aromatic heterocycles. The molecule has 0 saturated heterocycles. The number of carboxylic acid groups (broad SMARTS) is 1. The molecule has 0 radical (unpaired) electrons. The lowest BCUT2D eigenvalue weighted by Crippen LogP contribution is -2.44. The van der Waals surface area contributed by atoms with E-state index in [0.29, 0.717) is 18.9 Å². The number of para-hydroxylation sites is 2. The molecule has 21 heavy (non-hydrogen) atoms. The summed E-state index contributed by atoms with van der Waals surface area (Å²) in [7, 11) is 1.62. The van der Waals surface area contributed by atoms with Gasteiger partial charge in [0.1, 0.15) is 5.75 Å². The number of carboxylic acids is 1. The lowest BCUT2D eigenvalue weighted by molar-refractivity contribution is -0.141. The van der Waals surface area contributed by atoms with Gasteiger partial charge in [-0.15, -0.1) is 0 Å². The fourth-order valence-corrected chi connectivity index (χ4v) is 2.30. The van der Waals surface area contributed by atoms with Crippen molar-refractivity contribution >= 4 is 17.7 Å². The molecule has 6 heteroatoms. The molecular formula is C15H20N2O4. The molecule has 1 atom stereocenters. The molecule has 1 heterocycles. The monoisotopic (exact) mass is 292 g/mol. The molecule has 1 aromatic rings. The lowest BCUT2D eigenvalue weighted by atomic mass is 10.2. The number of carbonyl (C=O) groups excluding carboxylic acids is 1. The number of aliphatic carboxylic acids is 1. The third kappa shape index (κ3) is 3.45. The van der Waals surface area contributed by atoms with E-state index in [2.05, 4.69) is 0 Å². The van der Waals surface area contributed by atoms with Crippen LogP contribution in [-0.4, -0.2) is 48.8 Å². The molecule has 0 saturated carbocycles. The third-order valence-corrected chi connectivity index (χ3v) is 3.47. The first kappa shape index (κ1) is 15.2. The number of urea groups is 1. The van der Waals surface area contributed by atoms with E-state index in [-0.39, 0.29) is 12.6 Å². The van der Waals surface area contributed by atoms with Gasteiger partial charge in [0, 0.05) is 20.1 Å². The second kappa shape index (κ2) is 6.47. The minimum Gasteiger partial charge on any atom is -0.491 e. The predicted octanol–water partition coefficient (Wildman–Crippen LogP) is 2.05. The molecule has 1 aliphatic heterocycles. The van der Waals surface area contributed by atoms with Gasteiger partial charge in [-0.2, -0.15) is 0 Å². The van der Waals surface area contributed by atoms with Crippen LogP contribution in [0.4, 0.5) is 10.5 Å². The Bertz CT molecular complexity index is 532. The van der Waals surface area contributed by atoms with Gasteiger partial charge in [0.2, 0.25) is 0 Å². The molecule has 0 bridgehead atoms. The van der Waals surface area contributed by atoms with Gasteiger partial charge in [0.25, 0.3) is 0 Å². The maximum Gasteiger partial charge on any atom is 0.324 e. The number of amides is 2. The van der Waals surface area contributed by atoms with Gasteiger partial charge < -0.3 is 14.7 Å². The molecule has 6 nitrogen and oxygen atoms in total. The zero-order valence-electron chi connectivity index (χ0n) is 12.3. The predicted molar refractivity (Wildman–Crippen MR) is 78.7 cm³/mol. The molecule has 2 rings (SSSR count). The molecule has 1 N–H and O–H groups in total. The number of fused-ring (bicyclic) bond motifs is 1. The molecule has 1 unspecified atom stereocenters. The van der Waals surface area contributed by atoms with E-state index in [9.17, 15) is 9.59 Å². The fourth-order valence-electron chi connectivity index (χ4n) is 2.30. The van der Waals surface area contributed by atoms with Crippen LogP contribution < -0.4 is 9.64 Å². The highest BCUT2D eigenvalue weighted by Crippen LogP contribution is 2.31. The molecule has 114 valence electrons. The summed E-state index contributed by atoms with van der Waals surface area (Å²) in [5, 5.41) is 8.95. The normalized spacial score (nSPS) is 15.4. The highest BCUT2D eigenvalue weighted by atomic mass is 16.5. The maximum atomic E-state index is 12.6. The zero-order chi connectivity index (χ0) is 15.4. The van der Waals surface area contributed by atoms with Crippen molar-refractivity contribution in [2.75, 3.05) is 31.6 Å². The first-order valence-electron chi connectivity index (χ1n) is 6.98. The van der Waals surface area contributed by atoms with Gasteiger partial charge in [-0.25, -0.2) is 4.79 Å². The summed E-state index contributed by atoms with van der Waals surface area (Å²) in [6.07, 6.45) is 0.739. The van der Waals surface area contributed by atoms with Gasteiger partial charge in [0.15, 0.2) is 0 Å². The Morgan fingerprint density at radius 2 is 2.14 bits per heavy atom. The van der Waals surface area contributed by atoms with Gasteiger partial charge in [-0.3, -0.25) is 9.69 Å². The Morgan fingerprint density at radius 3 is 2.86 bits per heavy atom. The van der Waals surface area contributed by atoms with Crippen LogP contribution in [0.5, 0.6) is 5.75 Å². The molecule has 0 aliphatic carbocycles. The number of nitrogens with zero attached hydrogens (tertiary/aromatic N) is 2. The fraction of sp³-hybridized carbons (Fsp3) is 0.467. The largest absolute Gasteiger partial charge is 0.491 e. The van der Waals surface area contributed by atoms with E-state index in [4.69, 9.17) is 9.84 Å². The van der Waals surface area contributed by atoms with Crippen molar-refractivity contribution in [3.8, 4) is 5.75 Å². The summed E-state index contributed by atoms with van der Waals surface area (Å²) in [5.41, 5.74) is 0.731. The van der Waals surface area contributed by atoms with Crippen LogP contribution in [0.3, 0.4) is 0 Å². The van der Waals surface area contributed by atoms with Gasteiger partial charge >= 0.3 is 12.0 Å². The van der Waals surface area contributed by atoms with Crippen LogP contribution in [0.2, 0.25) is 0 Å². The van der Waals surface area contributed by atoms with Crippen LogP contribution in [-0.2, 0) is 4.79 Å². The van der Waals surface area contributed by atoms with Gasteiger partial charge in [-0.1, -0.05) is 19.1 Å². The number of carbonyl (C=O) groups is 2. The van der Waals surface area contributed by atoms with E-state index in [1.54, 1.807) is 18.9 Å². The Kier molecular flexibility index (Phi) is 4.67. The Balaban J connectivity index is 2.16. The Morgan fingerprint density at radius 1 is 1.43 bits per heavy atom. The van der Waals surface area contributed by atoms with Crippen molar-refractivity contribution in [1.82, 2.24) is 4.90 Å². The van der Waals surface area contributed by atoms with Gasteiger partial charge in [0.05, 0.1) is 18.2 Å². The molecule has 0 fully saturated rings. The van der Waals surface area contributed by atoms with E-state index >= 15 is 0 Å². The topological polar surface area (TPSA) is 70.1 Å². The number of benzene rings is 1. The van der Waals surface area contributed by atoms with Crippen molar-refractivity contribution in [2.24, 2.45) is 5.92 Å². The van der Waals surface area contributed by atoms with Crippen LogP contribution in [0.25, 0.3) is 0 Å². The Labute approximate surface area is 123 Å². The average Bonchev–Trinajstić information content (AvgIpc) is 2.68. The third-order valence-electron chi connectivity index (χ3n) is 3.47. The first-order chi connectivity index (χ1) is 10.0. The highest BCUT2D eigenvalue weighted by Gasteiger charge is 2.26. The molecule has 1 aromatic carbocycles. The summed E-state index contributed by atoms with van der Waals surface area (Å²) in [5.74, 6) is -0.824. The second-order valence-electron chi connectivity index (χ2n) is 5.22. The minimum absolute atomic E-state index is 0.174. The van der Waals surface area contributed by atoms with Crippen LogP contribution in [0, 0.1) is 5.92 Å². The van der Waals surface area contributed by atoms with Crippen molar-refractivity contribution in [3.63, 3.8) is 0 Å². The summed E-state index contributed by atoms with van der Waals surface area (Å²) in [4.78, 5) is 26.6. The van der Waals surface area contributed by atoms with E-state index in [1.807, 2.05) is 24.3 Å². The molecule has 0 spiro atoms. The highest BCUT2D eigenvalue weighted by molar-refractivity contribution is 5.93. The average molecular weight is 292 g/mol. The van der Waals surface area contributed by atoms with Crippen molar-refractivity contribution in [3.05, 3.63) is 24.3 Å². The summed E-state index contributed by atoms with van der Waals surface area (Å²) >= 11 is 0. The van der Waals surface area contributed by atoms with Crippen molar-refractivity contribution in [1.29, 1.82) is 0 Å². The summed E-state index contributed by atoms with van der Waals surface area (Å²) < 4.78 is 5.62. The molecular weight excluding hydrogens is 272 g/mol. The molecule has 1 aliphatic rings. The quantitative estimate of drug-likeness (QED) is 0.925. The van der Waals surface area contributed by atoms with Crippen LogP contribution in [0.1, 0.15) is 13.3 Å². The number of rotatable bonds is 3. The summed E-state index contributed by atoms with van der Waals surface area (Å²) in [6.45, 7) is 2.89. The van der Waals surface area contributed by atoms with E-state index in [0.717, 1.165) is 12.1 Å². The SMILES string of the molecule is CC(CN(C)C(=O)N1CCCOc2ccccc21)C(=O)O. The number of anilines is 1. The first-order valence-corrected chi connectivity index (χ1v) is 6.98. The van der Waals surface area contributed by atoms with E-state index < -0.39 is 11.9 Å². The van der Waals surface area contributed by atoms with Gasteiger partial charge in [-0.05, 0) is 18.6 Å². The second-order valence-corrected chi connectivity index (χ2v) is 5.22. The Hall–Kier alpha value is -2.24. The standard InChI is InChI=1S/C15H20N2O4/c1-11(14(18)19)10-16(2)15(20)17-8-5-9-21-13-7-4-3-6-12(13)17/h3-4,6-7,11H,5,8-10H2,1-2H3,(H,18,19). The smallest absolute Gasteiger partial charge is 0.324 e.